The van der Waals surface area contributed by atoms with Gasteiger partial charge in [-0.15, -0.1) is 11.6 Å². The van der Waals surface area contributed by atoms with E-state index < -0.39 is 6.09 Å². The number of ether oxygens (including phenoxy) is 1. The fourth-order valence-electron chi connectivity index (χ4n) is 0.674. The lowest BCUT2D eigenvalue weighted by Crippen LogP contribution is -2.34. The van der Waals surface area contributed by atoms with Crippen molar-refractivity contribution in [2.24, 2.45) is 0 Å². The molecule has 82 valence electrons. The van der Waals surface area contributed by atoms with Crippen LogP contribution in [0.15, 0.2) is 0 Å². The number of halogens is 1. The van der Waals surface area contributed by atoms with E-state index in [1.807, 2.05) is 0 Å². The number of rotatable bonds is 6. The highest BCUT2D eigenvalue weighted by molar-refractivity contribution is 6.18. The molecule has 0 radical (unpaired) electrons. The molecule has 0 aromatic rings. The molecule has 0 rings (SSSR count). The molecule has 0 heterocycles. The third kappa shape index (κ3) is 7.67. The predicted octanol–water partition coefficient (Wildman–Crippen LogP) is 0.478. The van der Waals surface area contributed by atoms with Crippen LogP contribution in [-0.4, -0.2) is 37.6 Å². The van der Waals surface area contributed by atoms with Crippen molar-refractivity contribution in [1.29, 1.82) is 0 Å². The van der Waals surface area contributed by atoms with Crippen LogP contribution in [0.4, 0.5) is 4.79 Å². The molecule has 2 N–H and O–H groups in total. The number of alkyl halides is 1. The zero-order valence-corrected chi connectivity index (χ0v) is 8.89. The van der Waals surface area contributed by atoms with E-state index in [1.54, 1.807) is 6.92 Å². The Morgan fingerprint density at radius 1 is 1.29 bits per heavy atom. The normalized spacial score (nSPS) is 9.29. The molecule has 14 heavy (non-hydrogen) atoms. The number of carbonyl (C=O) groups excluding carboxylic acids is 2. The molecule has 0 aliphatic heterocycles. The van der Waals surface area contributed by atoms with Gasteiger partial charge in [-0.25, -0.2) is 4.79 Å². The van der Waals surface area contributed by atoms with Crippen molar-refractivity contribution >= 4 is 23.6 Å². The third-order valence-electron chi connectivity index (χ3n) is 1.35. The van der Waals surface area contributed by atoms with Crippen LogP contribution in [0.2, 0.25) is 0 Å². The van der Waals surface area contributed by atoms with Gasteiger partial charge in [-0.3, -0.25) is 4.79 Å². The fourth-order valence-corrected chi connectivity index (χ4v) is 0.751. The van der Waals surface area contributed by atoms with Gasteiger partial charge in [0.2, 0.25) is 5.91 Å². The van der Waals surface area contributed by atoms with Crippen molar-refractivity contribution in [2.75, 3.05) is 25.6 Å². The smallest absolute Gasteiger partial charge is 0.407 e. The number of carbonyl (C=O) groups is 2. The van der Waals surface area contributed by atoms with Gasteiger partial charge in [-0.1, -0.05) is 6.92 Å². The molecule has 0 bridgehead atoms. The van der Waals surface area contributed by atoms with Gasteiger partial charge in [-0.2, -0.15) is 0 Å². The van der Waals surface area contributed by atoms with E-state index >= 15 is 0 Å². The lowest BCUT2D eigenvalue weighted by molar-refractivity contribution is -0.120. The zero-order chi connectivity index (χ0) is 10.8. The Balaban J connectivity index is 3.27. The first-order chi connectivity index (χ1) is 6.70. The maximum absolute atomic E-state index is 10.8. The van der Waals surface area contributed by atoms with Crippen molar-refractivity contribution in [1.82, 2.24) is 10.6 Å². The summed E-state index contributed by atoms with van der Waals surface area (Å²) in [6.45, 7) is 2.71. The molecule has 0 aromatic heterocycles. The summed E-state index contributed by atoms with van der Waals surface area (Å²) in [6.07, 6.45) is -0.0761. The Morgan fingerprint density at radius 3 is 2.50 bits per heavy atom. The van der Waals surface area contributed by atoms with Gasteiger partial charge in [0.05, 0.1) is 5.88 Å². The standard InChI is InChI=1S/C8H15ClN2O3/c1-2-7(12)10-4-5-11-8(13)14-6-3-9/h2-6H2,1H3,(H,10,12)(H,11,13). The quantitative estimate of drug-likeness (QED) is 0.507. The van der Waals surface area contributed by atoms with Gasteiger partial charge in [0.15, 0.2) is 0 Å². The number of amides is 2. The molecule has 0 unspecified atom stereocenters. The van der Waals surface area contributed by atoms with Crippen molar-refractivity contribution in [3.05, 3.63) is 0 Å². The summed E-state index contributed by atoms with van der Waals surface area (Å²) < 4.78 is 4.63. The number of hydrogen-bond acceptors (Lipinski definition) is 3. The molecular formula is C8H15ClN2O3. The molecule has 0 aromatic carbocycles. The van der Waals surface area contributed by atoms with Crippen molar-refractivity contribution < 1.29 is 14.3 Å². The maximum atomic E-state index is 10.8. The topological polar surface area (TPSA) is 67.4 Å². The van der Waals surface area contributed by atoms with Gasteiger partial charge in [0, 0.05) is 19.5 Å². The van der Waals surface area contributed by atoms with E-state index in [0.717, 1.165) is 0 Å². The van der Waals surface area contributed by atoms with Gasteiger partial charge in [0.25, 0.3) is 0 Å². The van der Waals surface area contributed by atoms with Crippen LogP contribution in [0.5, 0.6) is 0 Å². The molecule has 0 saturated carbocycles. The molecule has 0 saturated heterocycles. The maximum Gasteiger partial charge on any atom is 0.407 e. The van der Waals surface area contributed by atoms with Gasteiger partial charge in [0.1, 0.15) is 6.61 Å². The second-order valence-corrected chi connectivity index (χ2v) is 2.83. The molecule has 2 amide bonds. The SMILES string of the molecule is CCC(=O)NCCNC(=O)OCCCl. The largest absolute Gasteiger partial charge is 0.448 e. The molecular weight excluding hydrogens is 208 g/mol. The summed E-state index contributed by atoms with van der Waals surface area (Å²) in [6, 6.07) is 0. The first-order valence-electron chi connectivity index (χ1n) is 4.44. The minimum absolute atomic E-state index is 0.0408. The van der Waals surface area contributed by atoms with E-state index in [-0.39, 0.29) is 18.4 Å². The van der Waals surface area contributed by atoms with Crippen LogP contribution in [0.25, 0.3) is 0 Å². The highest BCUT2D eigenvalue weighted by Crippen LogP contribution is 1.80. The first kappa shape index (κ1) is 13.0. The van der Waals surface area contributed by atoms with Crippen molar-refractivity contribution in [3.63, 3.8) is 0 Å². The molecule has 0 aliphatic rings. The predicted molar refractivity (Wildman–Crippen MR) is 53.4 cm³/mol. The summed E-state index contributed by atoms with van der Waals surface area (Å²) in [5.41, 5.74) is 0. The Morgan fingerprint density at radius 2 is 1.93 bits per heavy atom. The van der Waals surface area contributed by atoms with Crippen molar-refractivity contribution in [2.45, 2.75) is 13.3 Å². The first-order valence-corrected chi connectivity index (χ1v) is 4.97. The Labute approximate surface area is 88.1 Å². The summed E-state index contributed by atoms with van der Waals surface area (Å²) in [7, 11) is 0. The summed E-state index contributed by atoms with van der Waals surface area (Å²) in [5.74, 6) is 0.237. The van der Waals surface area contributed by atoms with E-state index in [0.29, 0.717) is 19.5 Å². The van der Waals surface area contributed by atoms with Crippen LogP contribution >= 0.6 is 11.6 Å². The van der Waals surface area contributed by atoms with Gasteiger partial charge >= 0.3 is 6.09 Å². The average molecular weight is 223 g/mol. The highest BCUT2D eigenvalue weighted by Gasteiger charge is 2.00. The van der Waals surface area contributed by atoms with E-state index in [4.69, 9.17) is 11.6 Å². The molecule has 0 spiro atoms. The van der Waals surface area contributed by atoms with Crippen LogP contribution in [0.1, 0.15) is 13.3 Å². The minimum Gasteiger partial charge on any atom is -0.448 e. The second-order valence-electron chi connectivity index (χ2n) is 2.46. The van der Waals surface area contributed by atoms with Crippen molar-refractivity contribution in [3.8, 4) is 0 Å². The van der Waals surface area contributed by atoms with E-state index in [1.165, 1.54) is 0 Å². The average Bonchev–Trinajstić information content (AvgIpc) is 2.21. The third-order valence-corrected chi connectivity index (χ3v) is 1.50. The monoisotopic (exact) mass is 222 g/mol. The van der Waals surface area contributed by atoms with Gasteiger partial charge < -0.3 is 15.4 Å². The van der Waals surface area contributed by atoms with E-state index in [2.05, 4.69) is 15.4 Å². The summed E-state index contributed by atoms with van der Waals surface area (Å²) in [5, 5.41) is 5.07. The fraction of sp³-hybridized carbons (Fsp3) is 0.750. The molecule has 0 fully saturated rings. The molecule has 0 aliphatic carbocycles. The molecule has 5 nitrogen and oxygen atoms in total. The number of nitrogens with one attached hydrogen (secondary N) is 2. The summed E-state index contributed by atoms with van der Waals surface area (Å²) >= 11 is 5.31. The highest BCUT2D eigenvalue weighted by atomic mass is 35.5. The Kier molecular flexibility index (Phi) is 8.02. The zero-order valence-electron chi connectivity index (χ0n) is 8.14. The lowest BCUT2D eigenvalue weighted by Gasteiger charge is -2.06. The minimum atomic E-state index is -0.517. The second kappa shape index (κ2) is 8.62. The Bertz CT molecular complexity index is 187. The summed E-state index contributed by atoms with van der Waals surface area (Å²) in [4.78, 5) is 21.6. The van der Waals surface area contributed by atoms with Gasteiger partial charge in [-0.05, 0) is 0 Å². The Hall–Kier alpha value is -0.970. The van der Waals surface area contributed by atoms with Crippen LogP contribution < -0.4 is 10.6 Å². The van der Waals surface area contributed by atoms with Crippen LogP contribution in [0.3, 0.4) is 0 Å². The number of alkyl carbamates (subject to hydrolysis) is 1. The molecule has 6 heteroatoms. The van der Waals surface area contributed by atoms with Crippen LogP contribution in [0, 0.1) is 0 Å². The van der Waals surface area contributed by atoms with Crippen LogP contribution in [-0.2, 0) is 9.53 Å². The number of hydrogen-bond donors (Lipinski definition) is 2. The molecule has 0 atom stereocenters. The lowest BCUT2D eigenvalue weighted by atomic mass is 10.4. The van der Waals surface area contributed by atoms with E-state index in [9.17, 15) is 9.59 Å².